The van der Waals surface area contributed by atoms with E-state index in [1.54, 1.807) is 0 Å². The monoisotopic (exact) mass is 266 g/mol. The van der Waals surface area contributed by atoms with Crippen molar-refractivity contribution in [2.45, 2.75) is 0 Å². The standard InChI is InChI=1S/C11H8OS.C6H6/c12-11(10-7-4-8-13-10)9-5-2-1-3-6-9;1-2-4-6-5-3-1/h1-8H;1-6H. The molecule has 19 heavy (non-hydrogen) atoms. The van der Waals surface area contributed by atoms with Gasteiger partial charge in [-0.1, -0.05) is 72.8 Å². The summed E-state index contributed by atoms with van der Waals surface area (Å²) < 4.78 is 0. The molecular formula is C17H14OS. The van der Waals surface area contributed by atoms with Crippen LogP contribution in [0.15, 0.2) is 84.2 Å². The molecule has 0 saturated heterocycles. The Morgan fingerprint density at radius 3 is 1.68 bits per heavy atom. The second kappa shape index (κ2) is 7.29. The highest BCUT2D eigenvalue weighted by atomic mass is 32.1. The molecule has 3 rings (SSSR count). The van der Waals surface area contributed by atoms with Gasteiger partial charge in [-0.2, -0.15) is 0 Å². The van der Waals surface area contributed by atoms with E-state index < -0.39 is 0 Å². The molecule has 1 aromatic heterocycles. The minimum Gasteiger partial charge on any atom is -0.288 e. The van der Waals surface area contributed by atoms with Crippen molar-refractivity contribution < 1.29 is 4.79 Å². The predicted molar refractivity (Wildman–Crippen MR) is 80.6 cm³/mol. The minimum atomic E-state index is 0.107. The van der Waals surface area contributed by atoms with Crippen LogP contribution in [0.1, 0.15) is 15.2 Å². The molecule has 0 spiro atoms. The van der Waals surface area contributed by atoms with E-state index in [9.17, 15) is 4.79 Å². The van der Waals surface area contributed by atoms with Crippen LogP contribution in [0.5, 0.6) is 0 Å². The zero-order valence-electron chi connectivity index (χ0n) is 10.4. The van der Waals surface area contributed by atoms with Gasteiger partial charge in [0, 0.05) is 5.56 Å². The SMILES string of the molecule is O=C(c1ccccc1)c1cccs1.c1ccccc1. The Kier molecular flexibility index (Phi) is 5.08. The van der Waals surface area contributed by atoms with Gasteiger partial charge in [-0.3, -0.25) is 4.79 Å². The van der Waals surface area contributed by atoms with E-state index in [0.29, 0.717) is 0 Å². The molecule has 0 N–H and O–H groups in total. The maximum atomic E-state index is 11.7. The van der Waals surface area contributed by atoms with Gasteiger partial charge in [0.1, 0.15) is 0 Å². The van der Waals surface area contributed by atoms with Crippen molar-refractivity contribution in [2.75, 3.05) is 0 Å². The van der Waals surface area contributed by atoms with Crippen molar-refractivity contribution in [1.82, 2.24) is 0 Å². The van der Waals surface area contributed by atoms with Crippen molar-refractivity contribution in [1.29, 1.82) is 0 Å². The van der Waals surface area contributed by atoms with Crippen LogP contribution in [0, 0.1) is 0 Å². The number of rotatable bonds is 2. The zero-order chi connectivity index (χ0) is 13.3. The molecule has 2 aromatic carbocycles. The molecule has 0 radical (unpaired) electrons. The summed E-state index contributed by atoms with van der Waals surface area (Å²) in [6.45, 7) is 0. The van der Waals surface area contributed by atoms with Crippen LogP contribution in [-0.4, -0.2) is 5.78 Å². The largest absolute Gasteiger partial charge is 0.288 e. The molecule has 3 aromatic rings. The summed E-state index contributed by atoms with van der Waals surface area (Å²) in [5.41, 5.74) is 0.755. The molecule has 0 amide bonds. The molecule has 0 unspecified atom stereocenters. The van der Waals surface area contributed by atoms with Gasteiger partial charge in [-0.25, -0.2) is 0 Å². The van der Waals surface area contributed by atoms with Gasteiger partial charge in [-0.15, -0.1) is 11.3 Å². The van der Waals surface area contributed by atoms with E-state index in [2.05, 4.69) is 0 Å². The normalized spacial score (nSPS) is 9.26. The number of ketones is 1. The zero-order valence-corrected chi connectivity index (χ0v) is 11.2. The average molecular weight is 266 g/mol. The van der Waals surface area contributed by atoms with Crippen LogP contribution >= 0.6 is 11.3 Å². The van der Waals surface area contributed by atoms with Crippen LogP contribution in [0.4, 0.5) is 0 Å². The van der Waals surface area contributed by atoms with Gasteiger partial charge in [0.25, 0.3) is 0 Å². The first-order valence-electron chi connectivity index (χ1n) is 6.01. The van der Waals surface area contributed by atoms with Gasteiger partial charge in [0.05, 0.1) is 4.88 Å². The summed E-state index contributed by atoms with van der Waals surface area (Å²) in [4.78, 5) is 12.5. The molecule has 1 heterocycles. The second-order valence-electron chi connectivity index (χ2n) is 3.83. The van der Waals surface area contributed by atoms with E-state index in [1.165, 1.54) is 11.3 Å². The lowest BCUT2D eigenvalue weighted by Crippen LogP contribution is -1.96. The van der Waals surface area contributed by atoms with Crippen molar-refractivity contribution in [3.63, 3.8) is 0 Å². The van der Waals surface area contributed by atoms with Gasteiger partial charge >= 0.3 is 0 Å². The van der Waals surface area contributed by atoms with E-state index in [4.69, 9.17) is 0 Å². The predicted octanol–water partition coefficient (Wildman–Crippen LogP) is 4.67. The summed E-state index contributed by atoms with van der Waals surface area (Å²) in [7, 11) is 0. The Labute approximate surface area is 117 Å². The highest BCUT2D eigenvalue weighted by Gasteiger charge is 2.07. The molecular weight excluding hydrogens is 252 g/mol. The molecule has 0 bridgehead atoms. The number of carbonyl (C=O) groups is 1. The molecule has 2 heteroatoms. The second-order valence-corrected chi connectivity index (χ2v) is 4.77. The van der Waals surface area contributed by atoms with Crippen molar-refractivity contribution in [3.8, 4) is 0 Å². The van der Waals surface area contributed by atoms with Crippen LogP contribution in [0.25, 0.3) is 0 Å². The summed E-state index contributed by atoms with van der Waals surface area (Å²) in [6.07, 6.45) is 0. The van der Waals surface area contributed by atoms with Crippen LogP contribution in [0.3, 0.4) is 0 Å². The summed E-state index contributed by atoms with van der Waals surface area (Å²) in [5, 5.41) is 1.91. The van der Waals surface area contributed by atoms with E-state index >= 15 is 0 Å². The third kappa shape index (κ3) is 4.19. The Morgan fingerprint density at radius 1 is 0.684 bits per heavy atom. The highest BCUT2D eigenvalue weighted by molar-refractivity contribution is 7.12. The van der Waals surface area contributed by atoms with Gasteiger partial charge in [0.15, 0.2) is 0 Å². The topological polar surface area (TPSA) is 17.1 Å². The van der Waals surface area contributed by atoms with Gasteiger partial charge in [0.2, 0.25) is 5.78 Å². The lowest BCUT2D eigenvalue weighted by atomic mass is 10.1. The Morgan fingerprint density at radius 2 is 1.21 bits per heavy atom. The minimum absolute atomic E-state index is 0.107. The fourth-order valence-corrected chi connectivity index (χ4v) is 2.21. The third-order valence-corrected chi connectivity index (χ3v) is 3.32. The number of carbonyl (C=O) groups excluding carboxylic acids is 1. The van der Waals surface area contributed by atoms with Crippen molar-refractivity contribution in [2.24, 2.45) is 0 Å². The molecule has 94 valence electrons. The molecule has 0 aliphatic heterocycles. The number of hydrogen-bond acceptors (Lipinski definition) is 2. The van der Waals surface area contributed by atoms with Gasteiger partial charge < -0.3 is 0 Å². The molecule has 0 fully saturated rings. The summed E-state index contributed by atoms with van der Waals surface area (Å²) in [5.74, 6) is 0.107. The number of thiophene rings is 1. The lowest BCUT2D eigenvalue weighted by Gasteiger charge is -1.95. The van der Waals surface area contributed by atoms with E-state index in [1.807, 2.05) is 84.2 Å². The molecule has 0 aliphatic rings. The van der Waals surface area contributed by atoms with Gasteiger partial charge in [-0.05, 0) is 11.4 Å². The number of hydrogen-bond donors (Lipinski definition) is 0. The fourth-order valence-electron chi connectivity index (χ4n) is 1.52. The summed E-state index contributed by atoms with van der Waals surface area (Å²) >= 11 is 1.48. The van der Waals surface area contributed by atoms with Crippen LogP contribution < -0.4 is 0 Å². The maximum Gasteiger partial charge on any atom is 0.202 e. The molecule has 0 saturated carbocycles. The first-order chi connectivity index (χ1) is 9.38. The quantitative estimate of drug-likeness (QED) is 0.616. The fraction of sp³-hybridized carbons (Fsp3) is 0. The first-order valence-corrected chi connectivity index (χ1v) is 6.89. The van der Waals surface area contributed by atoms with Crippen molar-refractivity contribution >= 4 is 17.1 Å². The molecule has 1 nitrogen and oxygen atoms in total. The number of benzene rings is 2. The highest BCUT2D eigenvalue weighted by Crippen LogP contribution is 2.14. The Bertz CT molecular complexity index is 559. The maximum absolute atomic E-state index is 11.7. The van der Waals surface area contributed by atoms with Crippen LogP contribution in [-0.2, 0) is 0 Å². The van der Waals surface area contributed by atoms with Crippen LogP contribution in [0.2, 0.25) is 0 Å². The van der Waals surface area contributed by atoms with E-state index in [0.717, 1.165) is 10.4 Å². The third-order valence-electron chi connectivity index (χ3n) is 2.45. The van der Waals surface area contributed by atoms with Crippen molar-refractivity contribution in [3.05, 3.63) is 94.7 Å². The van der Waals surface area contributed by atoms with E-state index in [-0.39, 0.29) is 5.78 Å². The summed E-state index contributed by atoms with van der Waals surface area (Å²) in [6, 6.07) is 25.1. The Balaban J connectivity index is 0.000000186. The molecule has 0 aliphatic carbocycles. The molecule has 0 atom stereocenters. The lowest BCUT2D eigenvalue weighted by molar-refractivity contribution is 0.104. The average Bonchev–Trinajstić information content (AvgIpc) is 3.04. The first kappa shape index (κ1) is 13.2. The Hall–Kier alpha value is -2.19. The smallest absolute Gasteiger partial charge is 0.202 e.